The number of aromatic nitrogens is 2. The number of rotatable bonds is 5. The highest BCUT2D eigenvalue weighted by atomic mass is 19.4. The summed E-state index contributed by atoms with van der Waals surface area (Å²) in [4.78, 5) is 4.04. The lowest BCUT2D eigenvalue weighted by molar-refractivity contribution is -0.174. The largest absolute Gasteiger partial charge is 0.411 e. The Balaban J connectivity index is 1.81. The third-order valence-corrected chi connectivity index (χ3v) is 2.90. The predicted molar refractivity (Wildman–Crippen MR) is 59.1 cm³/mol. The van der Waals surface area contributed by atoms with Crippen LogP contribution in [0.15, 0.2) is 12.5 Å². The average Bonchev–Trinajstić information content (AvgIpc) is 2.93. The normalized spacial score (nSPS) is 20.5. The summed E-state index contributed by atoms with van der Waals surface area (Å²) in [6, 6.07) is 0.259. The summed E-state index contributed by atoms with van der Waals surface area (Å²) in [5.41, 5.74) is 1.02. The molecule has 1 aliphatic heterocycles. The monoisotopic (exact) mass is 263 g/mol. The topological polar surface area (TPSA) is 39.1 Å². The summed E-state index contributed by atoms with van der Waals surface area (Å²) in [6.45, 7) is 0.207. The van der Waals surface area contributed by atoms with Crippen LogP contribution >= 0.6 is 0 Å². The van der Waals surface area contributed by atoms with Gasteiger partial charge < -0.3 is 14.6 Å². The van der Waals surface area contributed by atoms with Crippen LogP contribution in [0.1, 0.15) is 24.6 Å². The Labute approximate surface area is 103 Å². The van der Waals surface area contributed by atoms with Crippen LogP contribution in [-0.4, -0.2) is 35.5 Å². The van der Waals surface area contributed by atoms with Crippen molar-refractivity contribution in [1.82, 2.24) is 14.9 Å². The summed E-state index contributed by atoms with van der Waals surface area (Å²) in [5, 5.41) is 3.33. The lowest BCUT2D eigenvalue weighted by Crippen LogP contribution is -2.21. The van der Waals surface area contributed by atoms with E-state index in [1.54, 1.807) is 12.5 Å². The van der Waals surface area contributed by atoms with Crippen molar-refractivity contribution in [1.29, 1.82) is 0 Å². The standard InChI is InChI=1S/C11H16F3N3O/c12-11(13,14)7-18-5-4-17-8-15-6-10(17)9-2-1-3-16-9/h6,8-9,16H,1-5,7H2. The van der Waals surface area contributed by atoms with Crippen molar-refractivity contribution in [2.75, 3.05) is 19.8 Å². The highest BCUT2D eigenvalue weighted by Gasteiger charge is 2.27. The van der Waals surface area contributed by atoms with Crippen LogP contribution in [-0.2, 0) is 11.3 Å². The molecule has 1 aliphatic rings. The first-order valence-electron chi connectivity index (χ1n) is 5.94. The Hall–Kier alpha value is -1.08. The number of ether oxygens (including phenoxy) is 1. The number of hydrogen-bond acceptors (Lipinski definition) is 3. The average molecular weight is 263 g/mol. The van der Waals surface area contributed by atoms with E-state index in [9.17, 15) is 13.2 Å². The number of imidazole rings is 1. The molecule has 1 saturated heterocycles. The van der Waals surface area contributed by atoms with E-state index in [1.807, 2.05) is 4.57 Å². The predicted octanol–water partition coefficient (Wildman–Crippen LogP) is 1.89. The maximum atomic E-state index is 11.9. The fourth-order valence-corrected chi connectivity index (χ4v) is 2.10. The highest BCUT2D eigenvalue weighted by molar-refractivity contribution is 5.07. The van der Waals surface area contributed by atoms with Crippen LogP contribution in [0.5, 0.6) is 0 Å². The molecule has 2 rings (SSSR count). The van der Waals surface area contributed by atoms with Crippen LogP contribution < -0.4 is 5.32 Å². The Kier molecular flexibility index (Phi) is 4.23. The van der Waals surface area contributed by atoms with Crippen molar-refractivity contribution in [2.45, 2.75) is 31.6 Å². The molecule has 1 aromatic rings. The molecule has 0 saturated carbocycles. The van der Waals surface area contributed by atoms with E-state index in [2.05, 4.69) is 15.0 Å². The van der Waals surface area contributed by atoms with Crippen molar-refractivity contribution in [3.63, 3.8) is 0 Å². The van der Waals surface area contributed by atoms with E-state index in [4.69, 9.17) is 0 Å². The number of halogens is 3. The zero-order chi connectivity index (χ0) is 13.0. The summed E-state index contributed by atoms with van der Waals surface area (Å²) in [5.74, 6) is 0. The minimum Gasteiger partial charge on any atom is -0.370 e. The molecule has 0 amide bonds. The van der Waals surface area contributed by atoms with Gasteiger partial charge in [-0.25, -0.2) is 4.98 Å². The summed E-state index contributed by atoms with van der Waals surface area (Å²) in [6.07, 6.45) is 1.28. The minimum absolute atomic E-state index is 0.0373. The molecule has 0 bridgehead atoms. The molecule has 1 aromatic heterocycles. The highest BCUT2D eigenvalue weighted by Crippen LogP contribution is 2.22. The zero-order valence-electron chi connectivity index (χ0n) is 9.91. The van der Waals surface area contributed by atoms with E-state index < -0.39 is 12.8 Å². The Morgan fingerprint density at radius 3 is 3.00 bits per heavy atom. The van der Waals surface area contributed by atoms with Gasteiger partial charge in [-0.15, -0.1) is 0 Å². The second-order valence-corrected chi connectivity index (χ2v) is 4.33. The maximum Gasteiger partial charge on any atom is 0.411 e. The summed E-state index contributed by atoms with van der Waals surface area (Å²) in [7, 11) is 0. The number of alkyl halides is 3. The van der Waals surface area contributed by atoms with E-state index in [0.29, 0.717) is 6.54 Å². The van der Waals surface area contributed by atoms with Crippen LogP contribution in [0, 0.1) is 0 Å². The Bertz CT molecular complexity index is 372. The number of hydrogen-bond donors (Lipinski definition) is 1. The molecule has 1 N–H and O–H groups in total. The second-order valence-electron chi connectivity index (χ2n) is 4.33. The molecule has 18 heavy (non-hydrogen) atoms. The van der Waals surface area contributed by atoms with Gasteiger partial charge in [0.2, 0.25) is 0 Å². The molecule has 0 radical (unpaired) electrons. The fourth-order valence-electron chi connectivity index (χ4n) is 2.10. The second kappa shape index (κ2) is 5.71. The van der Waals surface area contributed by atoms with Gasteiger partial charge in [-0.2, -0.15) is 13.2 Å². The molecule has 1 fully saturated rings. The number of nitrogens with zero attached hydrogens (tertiary/aromatic N) is 2. The molecular formula is C11H16F3N3O. The lowest BCUT2D eigenvalue weighted by atomic mass is 10.2. The summed E-state index contributed by atoms with van der Waals surface area (Å²) >= 11 is 0. The van der Waals surface area contributed by atoms with Gasteiger partial charge >= 0.3 is 6.18 Å². The van der Waals surface area contributed by atoms with Gasteiger partial charge in [-0.05, 0) is 19.4 Å². The molecule has 1 unspecified atom stereocenters. The van der Waals surface area contributed by atoms with Crippen LogP contribution in [0.2, 0.25) is 0 Å². The Morgan fingerprint density at radius 1 is 1.50 bits per heavy atom. The van der Waals surface area contributed by atoms with E-state index in [-0.39, 0.29) is 12.6 Å². The van der Waals surface area contributed by atoms with Crippen molar-refractivity contribution >= 4 is 0 Å². The van der Waals surface area contributed by atoms with Gasteiger partial charge in [0.1, 0.15) is 6.61 Å². The lowest BCUT2D eigenvalue weighted by Gasteiger charge is -2.14. The fraction of sp³-hybridized carbons (Fsp3) is 0.727. The van der Waals surface area contributed by atoms with Gasteiger partial charge in [0.25, 0.3) is 0 Å². The van der Waals surface area contributed by atoms with Gasteiger partial charge in [-0.1, -0.05) is 0 Å². The Morgan fingerprint density at radius 2 is 2.33 bits per heavy atom. The van der Waals surface area contributed by atoms with Gasteiger partial charge in [-0.3, -0.25) is 0 Å². The third-order valence-electron chi connectivity index (χ3n) is 2.90. The van der Waals surface area contributed by atoms with Gasteiger partial charge in [0.15, 0.2) is 0 Å². The van der Waals surface area contributed by atoms with E-state index >= 15 is 0 Å². The molecule has 7 heteroatoms. The molecule has 2 heterocycles. The van der Waals surface area contributed by atoms with Crippen molar-refractivity contribution < 1.29 is 17.9 Å². The quantitative estimate of drug-likeness (QED) is 0.824. The molecule has 4 nitrogen and oxygen atoms in total. The number of nitrogens with one attached hydrogen (secondary N) is 1. The first kappa shape index (κ1) is 13.4. The minimum atomic E-state index is -4.26. The summed E-state index contributed by atoms with van der Waals surface area (Å²) < 4.78 is 42.1. The molecule has 1 atom stereocenters. The molecular weight excluding hydrogens is 247 g/mol. The van der Waals surface area contributed by atoms with Crippen molar-refractivity contribution in [3.05, 3.63) is 18.2 Å². The van der Waals surface area contributed by atoms with Crippen molar-refractivity contribution in [3.8, 4) is 0 Å². The van der Waals surface area contributed by atoms with Gasteiger partial charge in [0, 0.05) is 18.8 Å². The smallest absolute Gasteiger partial charge is 0.370 e. The SMILES string of the molecule is FC(F)(F)COCCn1cncc1C1CCCN1. The molecule has 0 aliphatic carbocycles. The first-order valence-corrected chi connectivity index (χ1v) is 5.94. The molecule has 0 aromatic carbocycles. The van der Waals surface area contributed by atoms with Crippen LogP contribution in [0.4, 0.5) is 13.2 Å². The van der Waals surface area contributed by atoms with E-state index in [0.717, 1.165) is 25.1 Å². The van der Waals surface area contributed by atoms with Crippen LogP contribution in [0.25, 0.3) is 0 Å². The maximum absolute atomic E-state index is 11.9. The van der Waals surface area contributed by atoms with Crippen LogP contribution in [0.3, 0.4) is 0 Å². The van der Waals surface area contributed by atoms with Crippen molar-refractivity contribution in [2.24, 2.45) is 0 Å². The third kappa shape index (κ3) is 3.71. The van der Waals surface area contributed by atoms with Gasteiger partial charge in [0.05, 0.1) is 18.6 Å². The van der Waals surface area contributed by atoms with E-state index in [1.165, 1.54) is 0 Å². The molecule has 102 valence electrons. The zero-order valence-corrected chi connectivity index (χ0v) is 9.91. The first-order chi connectivity index (χ1) is 8.56. The molecule has 0 spiro atoms.